The van der Waals surface area contributed by atoms with Crippen LogP contribution in [0, 0.1) is 34.5 Å². The average Bonchev–Trinajstić information content (AvgIpc) is 3.50. The van der Waals surface area contributed by atoms with Gasteiger partial charge in [0.25, 0.3) is 0 Å². The van der Waals surface area contributed by atoms with Crippen molar-refractivity contribution in [3.8, 4) is 0 Å². The molecule has 0 amide bonds. The highest BCUT2D eigenvalue weighted by Gasteiger charge is 2.74. The van der Waals surface area contributed by atoms with Gasteiger partial charge in [0.15, 0.2) is 0 Å². The molecule has 1 heterocycles. The average molecular weight is 612 g/mol. The summed E-state index contributed by atoms with van der Waals surface area (Å²) in [6, 6.07) is 0. The van der Waals surface area contributed by atoms with Gasteiger partial charge in [0.1, 0.15) is 11.2 Å². The molecule has 44 heavy (non-hydrogen) atoms. The van der Waals surface area contributed by atoms with E-state index in [1.807, 2.05) is 0 Å². The Labute approximate surface area is 271 Å². The first-order valence-corrected chi connectivity index (χ1v) is 17.9. The molecule has 3 rings (SSSR count). The monoisotopic (exact) mass is 612 g/mol. The molecule has 9 atom stereocenters. The van der Waals surface area contributed by atoms with E-state index in [1.54, 1.807) is 0 Å². The zero-order valence-electron chi connectivity index (χ0n) is 30.2. The first kappa shape index (κ1) is 37.3. The summed E-state index contributed by atoms with van der Waals surface area (Å²) in [5.41, 5.74) is 7.35. The minimum Gasteiger partial charge on any atom is -0.393 e. The van der Waals surface area contributed by atoms with Crippen molar-refractivity contribution < 1.29 is 14.9 Å². The lowest BCUT2D eigenvalue weighted by atomic mass is 9.61. The van der Waals surface area contributed by atoms with Crippen molar-refractivity contribution in [2.24, 2.45) is 40.2 Å². The van der Waals surface area contributed by atoms with Crippen molar-refractivity contribution in [2.75, 3.05) is 0 Å². The lowest BCUT2D eigenvalue weighted by Gasteiger charge is -2.45. The van der Waals surface area contributed by atoms with Crippen molar-refractivity contribution in [2.45, 2.75) is 169 Å². The number of epoxide rings is 1. The molecule has 4 heteroatoms. The Kier molecular flexibility index (Phi) is 12.4. The first-order chi connectivity index (χ1) is 20.3. The van der Waals surface area contributed by atoms with Crippen molar-refractivity contribution in [1.82, 2.24) is 0 Å². The van der Waals surface area contributed by atoms with Gasteiger partial charge in [-0.3, -0.25) is 0 Å². The third kappa shape index (κ3) is 9.66. The molecule has 2 aliphatic carbocycles. The van der Waals surface area contributed by atoms with Crippen molar-refractivity contribution in [3.05, 3.63) is 48.1 Å². The number of hydrogen-bond acceptors (Lipinski definition) is 4. The Morgan fingerprint density at radius 2 is 1.70 bits per heavy atom. The van der Waals surface area contributed by atoms with Gasteiger partial charge in [-0.1, -0.05) is 109 Å². The standard InChI is InChI=1S/C40H69NO3/c1-29(17-13-18-31(3)20-21-35-32(4)25-33(42)26-36(35,5)6)15-11-12-16-30(2)19-14-22-38(9,41)23-24-40-37(7,8)27-34(43)28-39(40,10)44-40/h11-13,17-18,23-24,29-30,32-35,42-43H,14-16,19-22,25-28,41H2,1-10H3/b12-11+,17-13+,24-23+,31-18+/t29-,30-,32-,33+,34-,35+,38-,39+,40-/m0/s1. The van der Waals surface area contributed by atoms with E-state index in [4.69, 9.17) is 10.5 Å². The second-order valence-electron chi connectivity index (χ2n) is 17.4. The molecule has 252 valence electrons. The number of hydrogen-bond donors (Lipinski definition) is 3. The van der Waals surface area contributed by atoms with Gasteiger partial charge in [0.2, 0.25) is 0 Å². The second-order valence-corrected chi connectivity index (χ2v) is 17.4. The van der Waals surface area contributed by atoms with E-state index in [1.165, 1.54) is 18.4 Å². The van der Waals surface area contributed by atoms with E-state index >= 15 is 0 Å². The van der Waals surface area contributed by atoms with Crippen LogP contribution in [0.4, 0.5) is 0 Å². The van der Waals surface area contributed by atoms with E-state index in [0.29, 0.717) is 30.1 Å². The summed E-state index contributed by atoms with van der Waals surface area (Å²) in [5.74, 6) is 2.45. The number of rotatable bonds is 15. The third-order valence-corrected chi connectivity index (χ3v) is 11.6. The Hall–Kier alpha value is -1.20. The molecule has 3 aliphatic rings. The maximum atomic E-state index is 10.3. The largest absolute Gasteiger partial charge is 0.393 e. The van der Waals surface area contributed by atoms with Gasteiger partial charge in [-0.15, -0.1) is 0 Å². The zero-order chi connectivity index (χ0) is 33.0. The van der Waals surface area contributed by atoms with Crippen LogP contribution in [0.1, 0.15) is 140 Å². The number of allylic oxidation sites excluding steroid dienone is 6. The minimum atomic E-state index is -0.355. The van der Waals surface area contributed by atoms with Crippen LogP contribution in [-0.2, 0) is 4.74 Å². The minimum absolute atomic E-state index is 0.104. The summed E-state index contributed by atoms with van der Waals surface area (Å²) in [6.45, 7) is 22.6. The highest BCUT2D eigenvalue weighted by molar-refractivity contribution is 5.33. The van der Waals surface area contributed by atoms with E-state index < -0.39 is 0 Å². The molecule has 0 aromatic carbocycles. The Bertz CT molecular complexity index is 1050. The molecule has 3 fully saturated rings. The van der Waals surface area contributed by atoms with Gasteiger partial charge in [-0.05, 0) is 101 Å². The normalized spacial score (nSPS) is 36.4. The number of ether oxygens (including phenoxy) is 1. The van der Waals surface area contributed by atoms with Gasteiger partial charge >= 0.3 is 0 Å². The van der Waals surface area contributed by atoms with Gasteiger partial charge in [0.05, 0.1) is 12.2 Å². The maximum Gasteiger partial charge on any atom is 0.121 e. The van der Waals surface area contributed by atoms with E-state index in [-0.39, 0.29) is 39.8 Å². The molecule has 0 bridgehead atoms. The first-order valence-electron chi connectivity index (χ1n) is 17.9. The van der Waals surface area contributed by atoms with Crippen LogP contribution in [0.2, 0.25) is 0 Å². The summed E-state index contributed by atoms with van der Waals surface area (Å²) >= 11 is 0. The fraction of sp³-hybridized carbons (Fsp3) is 0.800. The molecule has 0 unspecified atom stereocenters. The molecular formula is C40H69NO3. The Morgan fingerprint density at radius 3 is 2.36 bits per heavy atom. The fourth-order valence-corrected chi connectivity index (χ4v) is 8.89. The van der Waals surface area contributed by atoms with Crippen LogP contribution >= 0.6 is 0 Å². The SMILES string of the molecule is C/C(=C\C=C\[C@@H](C)C/C=C/C[C@H](C)CCC[C@](C)(N)/C=C/[C@@]12O[C@]1(C)C[C@@H](O)CC2(C)C)CC[C@@H]1[C@@H](C)C[C@@H](O)CC1(C)C. The van der Waals surface area contributed by atoms with Crippen molar-refractivity contribution in [3.63, 3.8) is 0 Å². The molecular weight excluding hydrogens is 542 g/mol. The molecule has 0 aromatic heterocycles. The van der Waals surface area contributed by atoms with Crippen LogP contribution in [0.15, 0.2) is 48.1 Å². The smallest absolute Gasteiger partial charge is 0.121 e. The highest BCUT2D eigenvalue weighted by Crippen LogP contribution is 2.66. The molecule has 2 saturated carbocycles. The lowest BCUT2D eigenvalue weighted by Crippen LogP contribution is -2.46. The maximum absolute atomic E-state index is 10.3. The van der Waals surface area contributed by atoms with E-state index in [0.717, 1.165) is 51.4 Å². The quantitative estimate of drug-likeness (QED) is 0.0979. The number of nitrogens with two attached hydrogens (primary N) is 1. The van der Waals surface area contributed by atoms with Gasteiger partial charge in [0, 0.05) is 17.4 Å². The number of aliphatic hydroxyl groups excluding tert-OH is 2. The van der Waals surface area contributed by atoms with Crippen molar-refractivity contribution in [1.29, 1.82) is 0 Å². The molecule has 0 aromatic rings. The third-order valence-electron chi connectivity index (χ3n) is 11.6. The predicted octanol–water partition coefficient (Wildman–Crippen LogP) is 9.46. The van der Waals surface area contributed by atoms with Crippen LogP contribution in [0.25, 0.3) is 0 Å². The van der Waals surface area contributed by atoms with E-state index in [9.17, 15) is 10.2 Å². The Morgan fingerprint density at radius 1 is 1.02 bits per heavy atom. The fourth-order valence-electron chi connectivity index (χ4n) is 8.89. The second kappa shape index (κ2) is 14.7. The molecule has 4 N–H and O–H groups in total. The summed E-state index contributed by atoms with van der Waals surface area (Å²) < 4.78 is 6.30. The predicted molar refractivity (Wildman–Crippen MR) is 187 cm³/mol. The number of aliphatic hydroxyl groups is 2. The summed E-state index contributed by atoms with van der Waals surface area (Å²) in [6.07, 6.45) is 26.7. The topological polar surface area (TPSA) is 79.0 Å². The van der Waals surface area contributed by atoms with E-state index in [2.05, 4.69) is 112 Å². The lowest BCUT2D eigenvalue weighted by molar-refractivity contribution is -0.0150. The number of fused-ring (bicyclic) bond motifs is 1. The summed E-state index contributed by atoms with van der Waals surface area (Å²) in [5, 5.41) is 20.5. The van der Waals surface area contributed by atoms with Crippen LogP contribution in [0.3, 0.4) is 0 Å². The van der Waals surface area contributed by atoms with Crippen LogP contribution in [-0.4, -0.2) is 39.2 Å². The van der Waals surface area contributed by atoms with Gasteiger partial charge in [-0.25, -0.2) is 0 Å². The van der Waals surface area contributed by atoms with Crippen LogP contribution in [0.5, 0.6) is 0 Å². The molecule has 1 saturated heterocycles. The van der Waals surface area contributed by atoms with Gasteiger partial charge < -0.3 is 20.7 Å². The van der Waals surface area contributed by atoms with Crippen molar-refractivity contribution >= 4 is 0 Å². The van der Waals surface area contributed by atoms with Crippen LogP contribution < -0.4 is 5.73 Å². The molecule has 0 radical (unpaired) electrons. The Balaban J connectivity index is 1.33. The summed E-state index contributed by atoms with van der Waals surface area (Å²) in [4.78, 5) is 0. The summed E-state index contributed by atoms with van der Waals surface area (Å²) in [7, 11) is 0. The zero-order valence-corrected chi connectivity index (χ0v) is 30.2. The highest BCUT2D eigenvalue weighted by atomic mass is 16.6. The van der Waals surface area contributed by atoms with Gasteiger partial charge in [-0.2, -0.15) is 0 Å². The molecule has 0 spiro atoms. The molecule has 4 nitrogen and oxygen atoms in total. The molecule has 1 aliphatic heterocycles.